The first-order valence-corrected chi connectivity index (χ1v) is 5.09. The Bertz CT molecular complexity index is 267. The molecule has 0 aromatic carbocycles. The average molecular weight is 230 g/mol. The minimum atomic E-state index is -4.70. The second-order valence-electron chi connectivity index (χ2n) is 1.60. The SMILES string of the molecule is CC(S(=O)(=O)O)S(=O)(=O)O.[Ca+2]. The standard InChI is InChI=1S/C2H6O6S2.Ca/c1-2(9(3,4)5)10(6,7)8;/h2H,1H3,(H,3,4,5)(H,6,7,8);/q;+2. The Morgan fingerprint density at radius 1 is 1.00 bits per heavy atom. The van der Waals surface area contributed by atoms with Crippen LogP contribution in [0.3, 0.4) is 0 Å². The molecule has 11 heavy (non-hydrogen) atoms. The minimum absolute atomic E-state index is 0. The molecule has 0 unspecified atom stereocenters. The summed E-state index contributed by atoms with van der Waals surface area (Å²) in [5.74, 6) is 0. The second-order valence-corrected chi connectivity index (χ2v) is 5.37. The molecular formula is C2H6CaO6S2+2. The van der Waals surface area contributed by atoms with E-state index in [0.29, 0.717) is 6.92 Å². The topological polar surface area (TPSA) is 109 Å². The van der Waals surface area contributed by atoms with E-state index in [1.807, 2.05) is 0 Å². The second kappa shape index (κ2) is 4.35. The van der Waals surface area contributed by atoms with Gasteiger partial charge in [0, 0.05) is 0 Å². The predicted molar refractivity (Wildman–Crippen MR) is 38.3 cm³/mol. The molecule has 0 amide bonds. The van der Waals surface area contributed by atoms with Gasteiger partial charge in [0.05, 0.1) is 0 Å². The van der Waals surface area contributed by atoms with Gasteiger partial charge in [-0.05, 0) is 6.92 Å². The molecule has 0 radical (unpaired) electrons. The predicted octanol–water partition coefficient (Wildman–Crippen LogP) is -1.27. The smallest absolute Gasteiger partial charge is 0.284 e. The molecule has 0 rings (SSSR count). The molecular weight excluding hydrogens is 224 g/mol. The van der Waals surface area contributed by atoms with Crippen molar-refractivity contribution in [2.24, 2.45) is 0 Å². The normalized spacial score (nSPS) is 12.7. The van der Waals surface area contributed by atoms with Crippen LogP contribution >= 0.6 is 0 Å². The van der Waals surface area contributed by atoms with Gasteiger partial charge in [-0.2, -0.15) is 16.8 Å². The molecule has 0 aliphatic heterocycles. The molecule has 6 nitrogen and oxygen atoms in total. The van der Waals surface area contributed by atoms with E-state index in [0.717, 1.165) is 0 Å². The van der Waals surface area contributed by atoms with Crippen LogP contribution in [0.15, 0.2) is 0 Å². The van der Waals surface area contributed by atoms with Gasteiger partial charge in [0.2, 0.25) is 4.58 Å². The quantitative estimate of drug-likeness (QED) is 0.452. The van der Waals surface area contributed by atoms with Gasteiger partial charge in [-0.3, -0.25) is 9.11 Å². The maximum Gasteiger partial charge on any atom is 2.00 e. The van der Waals surface area contributed by atoms with Gasteiger partial charge in [0.15, 0.2) is 0 Å². The van der Waals surface area contributed by atoms with E-state index in [9.17, 15) is 16.8 Å². The van der Waals surface area contributed by atoms with Crippen LogP contribution in [-0.4, -0.2) is 68.3 Å². The van der Waals surface area contributed by atoms with Crippen LogP contribution in [0.4, 0.5) is 0 Å². The Hall–Kier alpha value is 1.08. The largest absolute Gasteiger partial charge is 2.00 e. The average Bonchev–Trinajstić information content (AvgIpc) is 1.59. The molecule has 0 saturated carbocycles. The molecule has 9 heteroatoms. The fourth-order valence-corrected chi connectivity index (χ4v) is 1.38. The van der Waals surface area contributed by atoms with E-state index < -0.39 is 24.8 Å². The van der Waals surface area contributed by atoms with E-state index in [1.54, 1.807) is 0 Å². The summed E-state index contributed by atoms with van der Waals surface area (Å²) in [6.07, 6.45) is 0. The first-order valence-electron chi connectivity index (χ1n) is 2.08. The van der Waals surface area contributed by atoms with Gasteiger partial charge in [-0.25, -0.2) is 0 Å². The van der Waals surface area contributed by atoms with E-state index in [-0.39, 0.29) is 37.7 Å². The Balaban J connectivity index is 0. The minimum Gasteiger partial charge on any atom is -0.284 e. The van der Waals surface area contributed by atoms with E-state index >= 15 is 0 Å². The van der Waals surface area contributed by atoms with Crippen molar-refractivity contribution in [1.29, 1.82) is 0 Å². The Morgan fingerprint density at radius 2 is 1.18 bits per heavy atom. The first kappa shape index (κ1) is 14.6. The van der Waals surface area contributed by atoms with Crippen molar-refractivity contribution in [3.05, 3.63) is 0 Å². The summed E-state index contributed by atoms with van der Waals surface area (Å²) in [4.78, 5) is 0. The van der Waals surface area contributed by atoms with E-state index in [4.69, 9.17) is 9.11 Å². The van der Waals surface area contributed by atoms with Crippen molar-refractivity contribution in [1.82, 2.24) is 0 Å². The monoisotopic (exact) mass is 230 g/mol. The summed E-state index contributed by atoms with van der Waals surface area (Å²) in [6.45, 7) is 0.657. The third kappa shape index (κ3) is 5.34. The fraction of sp³-hybridized carbons (Fsp3) is 1.00. The molecule has 0 aliphatic rings. The number of hydrogen-bond acceptors (Lipinski definition) is 4. The molecule has 0 bridgehead atoms. The van der Waals surface area contributed by atoms with Crippen LogP contribution in [0, 0.1) is 0 Å². The number of hydrogen-bond donors (Lipinski definition) is 2. The van der Waals surface area contributed by atoms with Crippen molar-refractivity contribution in [3.8, 4) is 0 Å². The molecule has 0 saturated heterocycles. The van der Waals surface area contributed by atoms with Gasteiger partial charge in [0.1, 0.15) is 0 Å². The van der Waals surface area contributed by atoms with Crippen molar-refractivity contribution in [2.75, 3.05) is 0 Å². The van der Waals surface area contributed by atoms with Crippen LogP contribution < -0.4 is 0 Å². The number of rotatable bonds is 2. The summed E-state index contributed by atoms with van der Waals surface area (Å²) < 4.78 is 53.9. The van der Waals surface area contributed by atoms with Crippen LogP contribution in [0.25, 0.3) is 0 Å². The van der Waals surface area contributed by atoms with Gasteiger partial charge in [-0.1, -0.05) is 0 Å². The van der Waals surface area contributed by atoms with Crippen molar-refractivity contribution >= 4 is 58.0 Å². The fourth-order valence-electron chi connectivity index (χ4n) is 0.154. The van der Waals surface area contributed by atoms with Gasteiger partial charge in [0.25, 0.3) is 20.2 Å². The molecule has 0 aromatic heterocycles. The molecule has 0 fully saturated rings. The molecule has 0 aliphatic carbocycles. The molecule has 0 spiro atoms. The van der Waals surface area contributed by atoms with Gasteiger partial charge >= 0.3 is 37.7 Å². The maximum atomic E-state index is 9.99. The summed E-state index contributed by atoms with van der Waals surface area (Å²) in [5.41, 5.74) is 0. The maximum absolute atomic E-state index is 9.99. The van der Waals surface area contributed by atoms with Crippen LogP contribution in [-0.2, 0) is 20.2 Å². The summed E-state index contributed by atoms with van der Waals surface area (Å²) in [6, 6.07) is 0. The van der Waals surface area contributed by atoms with Gasteiger partial charge < -0.3 is 0 Å². The van der Waals surface area contributed by atoms with Gasteiger partial charge in [-0.15, -0.1) is 0 Å². The Kier molecular flexibility index (Phi) is 5.78. The molecule has 2 N–H and O–H groups in total. The summed E-state index contributed by atoms with van der Waals surface area (Å²) >= 11 is 0. The first-order chi connectivity index (χ1) is 4.15. The summed E-state index contributed by atoms with van der Waals surface area (Å²) in [7, 11) is -9.40. The van der Waals surface area contributed by atoms with E-state index in [1.165, 1.54) is 0 Å². The molecule has 0 aromatic rings. The zero-order valence-corrected chi connectivity index (χ0v) is 9.47. The Labute approximate surface area is 94.5 Å². The van der Waals surface area contributed by atoms with E-state index in [2.05, 4.69) is 0 Å². The molecule has 62 valence electrons. The Morgan fingerprint density at radius 3 is 1.18 bits per heavy atom. The zero-order valence-electron chi connectivity index (χ0n) is 5.63. The van der Waals surface area contributed by atoms with Crippen LogP contribution in [0.1, 0.15) is 6.92 Å². The third-order valence-corrected chi connectivity index (χ3v) is 3.98. The third-order valence-electron chi connectivity index (χ3n) is 0.839. The van der Waals surface area contributed by atoms with Crippen molar-refractivity contribution in [2.45, 2.75) is 11.5 Å². The van der Waals surface area contributed by atoms with Crippen molar-refractivity contribution in [3.63, 3.8) is 0 Å². The molecule has 0 atom stereocenters. The van der Waals surface area contributed by atoms with Crippen LogP contribution in [0.5, 0.6) is 0 Å². The summed E-state index contributed by atoms with van der Waals surface area (Å²) in [5, 5.41) is 0. The molecule has 0 heterocycles. The van der Waals surface area contributed by atoms with Crippen LogP contribution in [0.2, 0.25) is 0 Å². The zero-order chi connectivity index (χ0) is 8.58. The van der Waals surface area contributed by atoms with Crippen molar-refractivity contribution < 1.29 is 25.9 Å².